The van der Waals surface area contributed by atoms with E-state index in [4.69, 9.17) is 4.42 Å². The summed E-state index contributed by atoms with van der Waals surface area (Å²) in [4.78, 5) is 32.1. The number of furan rings is 1. The molecule has 0 saturated carbocycles. The van der Waals surface area contributed by atoms with Crippen LogP contribution < -0.4 is 5.32 Å². The van der Waals surface area contributed by atoms with Gasteiger partial charge in [-0.25, -0.2) is 9.97 Å². The van der Waals surface area contributed by atoms with Crippen LogP contribution in [0.3, 0.4) is 0 Å². The molecule has 5 rings (SSSR count). The number of non-ortho nitro benzene ring substituents is 1. The number of nitrogens with zero attached hydrogens (tertiary/aromatic N) is 5. The molecule has 33 heavy (non-hydrogen) atoms. The fraction of sp³-hybridized carbons (Fsp3) is 0.0909. The molecule has 0 atom stereocenters. The van der Waals surface area contributed by atoms with Gasteiger partial charge in [0.15, 0.2) is 16.6 Å². The number of hydrogen-bond acceptors (Lipinski definition) is 8. The fourth-order valence-corrected chi connectivity index (χ4v) is 4.03. The number of fused-ring (bicyclic) bond motifs is 3. The highest BCUT2D eigenvalue weighted by atomic mass is 32.2. The van der Waals surface area contributed by atoms with Crippen molar-refractivity contribution in [3.63, 3.8) is 0 Å². The van der Waals surface area contributed by atoms with Gasteiger partial charge in [0, 0.05) is 23.1 Å². The molecule has 3 aromatic heterocycles. The van der Waals surface area contributed by atoms with Crippen LogP contribution in [-0.4, -0.2) is 36.2 Å². The SMILES string of the molecule is O=C(CSc1nc2ccccc2c2nc(-c3ccc([N+](=O)[O-])cc3)nn12)NCc1ccco1. The highest BCUT2D eigenvalue weighted by molar-refractivity contribution is 7.99. The van der Waals surface area contributed by atoms with Crippen molar-refractivity contribution in [2.24, 2.45) is 0 Å². The molecule has 0 aliphatic rings. The van der Waals surface area contributed by atoms with E-state index in [1.807, 2.05) is 24.3 Å². The first-order valence-corrected chi connectivity index (χ1v) is 10.9. The van der Waals surface area contributed by atoms with Gasteiger partial charge in [0.05, 0.1) is 29.0 Å². The third kappa shape index (κ3) is 4.26. The van der Waals surface area contributed by atoms with E-state index in [9.17, 15) is 14.9 Å². The van der Waals surface area contributed by atoms with Gasteiger partial charge in [-0.2, -0.15) is 4.52 Å². The quantitative estimate of drug-likeness (QED) is 0.168. The third-order valence-corrected chi connectivity index (χ3v) is 5.79. The number of benzene rings is 2. The van der Waals surface area contributed by atoms with Gasteiger partial charge in [-0.1, -0.05) is 23.9 Å². The molecule has 11 heteroatoms. The lowest BCUT2D eigenvalue weighted by atomic mass is 10.2. The molecular formula is C22H16N6O4S. The molecule has 0 bridgehead atoms. The Kier molecular flexibility index (Phi) is 5.45. The highest BCUT2D eigenvalue weighted by Crippen LogP contribution is 2.27. The van der Waals surface area contributed by atoms with Crippen molar-refractivity contribution in [3.05, 3.63) is 82.8 Å². The molecule has 0 saturated heterocycles. The first kappa shape index (κ1) is 20.6. The Morgan fingerprint density at radius 2 is 1.91 bits per heavy atom. The maximum absolute atomic E-state index is 12.3. The van der Waals surface area contributed by atoms with Crippen molar-refractivity contribution in [3.8, 4) is 11.4 Å². The van der Waals surface area contributed by atoms with Gasteiger partial charge in [-0.3, -0.25) is 14.9 Å². The summed E-state index contributed by atoms with van der Waals surface area (Å²) < 4.78 is 6.82. The maximum atomic E-state index is 12.3. The minimum absolute atomic E-state index is 0.00793. The summed E-state index contributed by atoms with van der Waals surface area (Å²) in [5, 5.41) is 19.6. The normalized spacial score (nSPS) is 11.2. The summed E-state index contributed by atoms with van der Waals surface area (Å²) in [5.74, 6) is 1.04. The lowest BCUT2D eigenvalue weighted by Gasteiger charge is -2.06. The van der Waals surface area contributed by atoms with E-state index in [-0.39, 0.29) is 17.3 Å². The average molecular weight is 460 g/mol. The summed E-state index contributed by atoms with van der Waals surface area (Å²) in [7, 11) is 0. The minimum Gasteiger partial charge on any atom is -0.467 e. The number of para-hydroxylation sites is 1. The van der Waals surface area contributed by atoms with Crippen LogP contribution in [0.1, 0.15) is 5.76 Å². The topological polar surface area (TPSA) is 128 Å². The molecule has 0 radical (unpaired) electrons. The second-order valence-electron chi connectivity index (χ2n) is 7.03. The van der Waals surface area contributed by atoms with Crippen LogP contribution in [0.15, 0.2) is 76.5 Å². The standard InChI is InChI=1S/C22H16N6O4S/c29-19(23-12-16-4-3-11-32-16)13-33-22-24-18-6-2-1-5-17(18)21-25-20(26-27(21)22)14-7-9-15(10-8-14)28(30)31/h1-11H,12-13H2,(H,23,29). The Morgan fingerprint density at radius 1 is 1.09 bits per heavy atom. The molecule has 3 heterocycles. The van der Waals surface area contributed by atoms with Gasteiger partial charge in [0.2, 0.25) is 5.91 Å². The average Bonchev–Trinajstić information content (AvgIpc) is 3.52. The van der Waals surface area contributed by atoms with E-state index >= 15 is 0 Å². The van der Waals surface area contributed by atoms with Crippen molar-refractivity contribution in [2.45, 2.75) is 11.7 Å². The summed E-state index contributed by atoms with van der Waals surface area (Å²) in [6.07, 6.45) is 1.55. The maximum Gasteiger partial charge on any atom is 0.269 e. The lowest BCUT2D eigenvalue weighted by molar-refractivity contribution is -0.384. The summed E-state index contributed by atoms with van der Waals surface area (Å²) in [6, 6.07) is 17.1. The van der Waals surface area contributed by atoms with Crippen molar-refractivity contribution in [2.75, 3.05) is 5.75 Å². The monoisotopic (exact) mass is 460 g/mol. The number of aromatic nitrogens is 4. The molecule has 1 amide bonds. The van der Waals surface area contributed by atoms with E-state index in [1.54, 1.807) is 35.0 Å². The van der Waals surface area contributed by atoms with Gasteiger partial charge in [-0.05, 0) is 36.4 Å². The number of nitrogens with one attached hydrogen (secondary N) is 1. The number of nitro benzene ring substituents is 1. The number of hydrogen-bond donors (Lipinski definition) is 1. The molecule has 0 fully saturated rings. The van der Waals surface area contributed by atoms with Crippen LogP contribution in [0, 0.1) is 10.1 Å². The van der Waals surface area contributed by atoms with E-state index in [2.05, 4.69) is 20.4 Å². The second kappa shape index (κ2) is 8.71. The van der Waals surface area contributed by atoms with E-state index in [0.29, 0.717) is 34.5 Å². The predicted octanol–water partition coefficient (Wildman–Crippen LogP) is 3.85. The Labute approximate surface area is 190 Å². The molecule has 0 spiro atoms. The zero-order valence-electron chi connectivity index (χ0n) is 17.0. The molecule has 2 aromatic carbocycles. The number of carbonyl (C=O) groups is 1. The molecule has 1 N–H and O–H groups in total. The van der Waals surface area contributed by atoms with Crippen molar-refractivity contribution < 1.29 is 14.1 Å². The Hall–Kier alpha value is -4.25. The first-order valence-electron chi connectivity index (χ1n) is 9.91. The number of thioether (sulfide) groups is 1. The van der Waals surface area contributed by atoms with E-state index < -0.39 is 4.92 Å². The van der Waals surface area contributed by atoms with Crippen LogP contribution in [0.4, 0.5) is 5.69 Å². The number of nitro groups is 1. The van der Waals surface area contributed by atoms with Gasteiger partial charge in [0.1, 0.15) is 5.76 Å². The highest BCUT2D eigenvalue weighted by Gasteiger charge is 2.16. The van der Waals surface area contributed by atoms with Gasteiger partial charge >= 0.3 is 0 Å². The largest absolute Gasteiger partial charge is 0.467 e. The zero-order valence-corrected chi connectivity index (χ0v) is 17.9. The van der Waals surface area contributed by atoms with Crippen molar-refractivity contribution >= 4 is 39.9 Å². The van der Waals surface area contributed by atoms with Crippen LogP contribution in [-0.2, 0) is 11.3 Å². The molecule has 0 aliphatic heterocycles. The van der Waals surface area contributed by atoms with Crippen LogP contribution >= 0.6 is 11.8 Å². The Balaban J connectivity index is 1.45. The summed E-state index contributed by atoms with van der Waals surface area (Å²) in [5.41, 5.74) is 1.95. The molecule has 164 valence electrons. The number of amides is 1. The molecule has 0 aliphatic carbocycles. The first-order chi connectivity index (χ1) is 16.1. The van der Waals surface area contributed by atoms with Crippen molar-refractivity contribution in [1.29, 1.82) is 0 Å². The Morgan fingerprint density at radius 3 is 2.67 bits per heavy atom. The fourth-order valence-electron chi connectivity index (χ4n) is 3.26. The third-order valence-electron chi connectivity index (χ3n) is 4.86. The van der Waals surface area contributed by atoms with Gasteiger partial charge in [0.25, 0.3) is 5.69 Å². The number of rotatable bonds is 7. The minimum atomic E-state index is -0.454. The number of carbonyl (C=O) groups excluding carboxylic acids is 1. The second-order valence-corrected chi connectivity index (χ2v) is 7.97. The lowest BCUT2D eigenvalue weighted by Crippen LogP contribution is -2.24. The van der Waals surface area contributed by atoms with Gasteiger partial charge < -0.3 is 9.73 Å². The van der Waals surface area contributed by atoms with E-state index in [0.717, 1.165) is 10.9 Å². The molecular weight excluding hydrogens is 444 g/mol. The molecule has 5 aromatic rings. The zero-order chi connectivity index (χ0) is 22.8. The smallest absolute Gasteiger partial charge is 0.269 e. The Bertz CT molecular complexity index is 1460. The predicted molar refractivity (Wildman–Crippen MR) is 122 cm³/mol. The van der Waals surface area contributed by atoms with Crippen LogP contribution in [0.2, 0.25) is 0 Å². The summed E-state index contributed by atoms with van der Waals surface area (Å²) in [6.45, 7) is 0.306. The van der Waals surface area contributed by atoms with Gasteiger partial charge in [-0.15, -0.1) is 5.10 Å². The van der Waals surface area contributed by atoms with Crippen LogP contribution in [0.25, 0.3) is 27.9 Å². The van der Waals surface area contributed by atoms with E-state index in [1.165, 1.54) is 23.9 Å². The van der Waals surface area contributed by atoms with Crippen molar-refractivity contribution in [1.82, 2.24) is 24.9 Å². The molecule has 0 unspecified atom stereocenters. The molecule has 10 nitrogen and oxygen atoms in total. The summed E-state index contributed by atoms with van der Waals surface area (Å²) >= 11 is 1.24. The van der Waals surface area contributed by atoms with Crippen LogP contribution in [0.5, 0.6) is 0 Å².